The van der Waals surface area contributed by atoms with Crippen LogP contribution >= 0.6 is 0 Å². The third kappa shape index (κ3) is 6.57. The molecule has 0 aromatic heterocycles. The van der Waals surface area contributed by atoms with Crippen molar-refractivity contribution in [1.82, 2.24) is 0 Å². The van der Waals surface area contributed by atoms with Gasteiger partial charge in [-0.3, -0.25) is 0 Å². The number of hydrogen-bond acceptors (Lipinski definition) is 6. The normalized spacial score (nSPS) is 10.9. The molecule has 6 nitrogen and oxygen atoms in total. The molecule has 0 bridgehead atoms. The smallest absolute Gasteiger partial charge is 0.0725 e. The first-order valence-electron chi connectivity index (χ1n) is 11.2. The van der Waals surface area contributed by atoms with Gasteiger partial charge >= 0.3 is 0 Å². The van der Waals surface area contributed by atoms with Crippen molar-refractivity contribution in [2.45, 2.75) is 97.8 Å². The lowest BCUT2D eigenvalue weighted by atomic mass is 9.81. The van der Waals surface area contributed by atoms with E-state index in [-0.39, 0.29) is 29.5 Å². The van der Waals surface area contributed by atoms with Gasteiger partial charge in [0.15, 0.2) is 0 Å². The Bertz CT molecular complexity index is 751. The van der Waals surface area contributed by atoms with Crippen LogP contribution in [0.4, 0.5) is 0 Å². The number of aromatic carboxylic acids is 3. The Morgan fingerprint density at radius 1 is 0.500 bits per heavy atom. The van der Waals surface area contributed by atoms with Crippen molar-refractivity contribution in [3.05, 3.63) is 33.4 Å². The minimum absolute atomic E-state index is 0.00777. The Kier molecular flexibility index (Phi) is 11.2. The van der Waals surface area contributed by atoms with Gasteiger partial charge in [-0.25, -0.2) is 0 Å². The van der Waals surface area contributed by atoms with E-state index in [0.29, 0.717) is 31.2 Å². The van der Waals surface area contributed by atoms with E-state index in [1.807, 2.05) is 20.8 Å². The fraction of sp³-hybridized carbons (Fsp3) is 0.625. The van der Waals surface area contributed by atoms with E-state index in [1.165, 1.54) is 0 Å². The fourth-order valence-corrected chi connectivity index (χ4v) is 4.06. The van der Waals surface area contributed by atoms with E-state index in [4.69, 9.17) is 0 Å². The molecule has 0 spiro atoms. The van der Waals surface area contributed by atoms with Crippen LogP contribution < -0.4 is 15.3 Å². The number of carbonyl (C=O) groups is 3. The van der Waals surface area contributed by atoms with E-state index >= 15 is 0 Å². The predicted octanol–water partition coefficient (Wildman–Crippen LogP) is 1.98. The monoisotopic (exact) mass is 417 g/mol. The molecule has 0 saturated carbocycles. The van der Waals surface area contributed by atoms with Gasteiger partial charge < -0.3 is 29.7 Å². The van der Waals surface area contributed by atoms with Crippen molar-refractivity contribution in [1.29, 1.82) is 0 Å². The largest absolute Gasteiger partial charge is 0.545 e. The first-order chi connectivity index (χ1) is 14.3. The highest BCUT2D eigenvalue weighted by Gasteiger charge is 2.25. The molecule has 0 saturated heterocycles. The summed E-state index contributed by atoms with van der Waals surface area (Å²) in [5.41, 5.74) is -0.441. The fourth-order valence-electron chi connectivity index (χ4n) is 4.06. The number of rotatable bonds is 15. The summed E-state index contributed by atoms with van der Waals surface area (Å²) in [6.07, 6.45) is 7.77. The second kappa shape index (κ2) is 13.0. The van der Waals surface area contributed by atoms with Crippen LogP contribution in [0.5, 0.6) is 0 Å². The molecule has 0 N–H and O–H groups in total. The molecule has 1 aromatic rings. The van der Waals surface area contributed by atoms with E-state index in [2.05, 4.69) is 0 Å². The average Bonchev–Trinajstić information content (AvgIpc) is 2.68. The number of carboxylic acid groups (broad SMARTS) is 3. The lowest BCUT2D eigenvalue weighted by molar-refractivity contribution is -0.260. The minimum atomic E-state index is -1.68. The lowest BCUT2D eigenvalue weighted by Crippen LogP contribution is -2.36. The summed E-state index contributed by atoms with van der Waals surface area (Å²) in [6, 6.07) is 0. The molecule has 30 heavy (non-hydrogen) atoms. The van der Waals surface area contributed by atoms with Crippen LogP contribution in [0.15, 0.2) is 0 Å². The van der Waals surface area contributed by atoms with Crippen molar-refractivity contribution in [2.24, 2.45) is 0 Å². The molecule has 1 aromatic carbocycles. The Morgan fingerprint density at radius 2 is 0.800 bits per heavy atom. The van der Waals surface area contributed by atoms with E-state index < -0.39 is 29.0 Å². The van der Waals surface area contributed by atoms with Gasteiger partial charge in [0.25, 0.3) is 0 Å². The SMILES string of the molecule is CCCCCc1c(CCCCC)c(C(=O)[O-])c(C(=O)[O-])c(CCCCC)c1C(=O)[O-]. The second-order valence-electron chi connectivity index (χ2n) is 7.79. The third-order valence-corrected chi connectivity index (χ3v) is 5.52. The van der Waals surface area contributed by atoms with Crippen LogP contribution in [0.25, 0.3) is 0 Å². The van der Waals surface area contributed by atoms with E-state index in [0.717, 1.165) is 38.5 Å². The maximum atomic E-state index is 12.2. The summed E-state index contributed by atoms with van der Waals surface area (Å²) in [6.45, 7) is 5.99. The van der Waals surface area contributed by atoms with Crippen LogP contribution in [0.3, 0.4) is 0 Å². The number of unbranched alkanes of at least 4 members (excludes halogenated alkanes) is 6. The first-order valence-corrected chi connectivity index (χ1v) is 11.2. The molecule has 168 valence electrons. The van der Waals surface area contributed by atoms with Gasteiger partial charge in [0.05, 0.1) is 17.9 Å². The zero-order valence-electron chi connectivity index (χ0n) is 18.4. The van der Waals surface area contributed by atoms with Crippen molar-refractivity contribution in [2.75, 3.05) is 0 Å². The number of benzene rings is 1. The number of carbonyl (C=O) groups excluding carboxylic acids is 3. The quantitative estimate of drug-likeness (QED) is 0.402. The second-order valence-corrected chi connectivity index (χ2v) is 7.79. The molecular weight excluding hydrogens is 384 g/mol. The highest BCUT2D eigenvalue weighted by molar-refractivity contribution is 6.06. The van der Waals surface area contributed by atoms with Gasteiger partial charge in [0.1, 0.15) is 0 Å². The third-order valence-electron chi connectivity index (χ3n) is 5.52. The summed E-state index contributed by atoms with van der Waals surface area (Å²) < 4.78 is 0. The topological polar surface area (TPSA) is 120 Å². The molecule has 0 aliphatic carbocycles. The molecular formula is C24H33O6-3. The van der Waals surface area contributed by atoms with Gasteiger partial charge in [-0.1, -0.05) is 59.3 Å². The first kappa shape index (κ1) is 25.7. The van der Waals surface area contributed by atoms with Crippen LogP contribution in [0, 0.1) is 0 Å². The van der Waals surface area contributed by atoms with Gasteiger partial charge in [0, 0.05) is 16.7 Å². The van der Waals surface area contributed by atoms with Crippen LogP contribution in [0.1, 0.15) is 126 Å². The maximum absolute atomic E-state index is 12.2. The van der Waals surface area contributed by atoms with Crippen LogP contribution in [-0.2, 0) is 19.3 Å². The predicted molar refractivity (Wildman–Crippen MR) is 109 cm³/mol. The Labute approximate surface area is 179 Å². The zero-order valence-corrected chi connectivity index (χ0v) is 18.4. The summed E-state index contributed by atoms with van der Waals surface area (Å²) in [4.78, 5) is 36.2. The highest BCUT2D eigenvalue weighted by atomic mass is 16.4. The molecule has 0 heterocycles. The maximum Gasteiger partial charge on any atom is 0.0725 e. The molecule has 0 amide bonds. The van der Waals surface area contributed by atoms with Gasteiger partial charge in [-0.05, 0) is 55.2 Å². The summed E-state index contributed by atoms with van der Waals surface area (Å²) >= 11 is 0. The van der Waals surface area contributed by atoms with Gasteiger partial charge in [0.2, 0.25) is 0 Å². The van der Waals surface area contributed by atoms with Crippen molar-refractivity contribution >= 4 is 17.9 Å². The number of carboxylic acids is 3. The summed E-state index contributed by atoms with van der Waals surface area (Å²) in [5, 5.41) is 36.2. The van der Waals surface area contributed by atoms with Gasteiger partial charge in [-0.15, -0.1) is 0 Å². The standard InChI is InChI=1S/C24H36O6/c1-4-7-10-13-16-17(14-11-8-5-2)20(23(27)28)21(24(29)30)18(15-12-9-6-3)19(16)22(25)26/h4-15H2,1-3H3,(H,25,26)(H,27,28)(H,29,30)/p-3. The van der Waals surface area contributed by atoms with Crippen LogP contribution in [-0.4, -0.2) is 17.9 Å². The van der Waals surface area contributed by atoms with Crippen molar-refractivity contribution < 1.29 is 29.7 Å². The molecule has 0 aliphatic heterocycles. The average molecular weight is 418 g/mol. The summed E-state index contributed by atoms with van der Waals surface area (Å²) in [7, 11) is 0. The molecule has 1 rings (SSSR count). The molecule has 0 unspecified atom stereocenters. The Morgan fingerprint density at radius 3 is 1.13 bits per heavy atom. The van der Waals surface area contributed by atoms with Crippen molar-refractivity contribution in [3.63, 3.8) is 0 Å². The van der Waals surface area contributed by atoms with Crippen LogP contribution in [0.2, 0.25) is 0 Å². The Hall–Kier alpha value is -2.37. The summed E-state index contributed by atoms with van der Waals surface area (Å²) in [5.74, 6) is -4.74. The highest BCUT2D eigenvalue weighted by Crippen LogP contribution is 2.32. The molecule has 0 radical (unpaired) electrons. The zero-order chi connectivity index (χ0) is 22.7. The lowest BCUT2D eigenvalue weighted by Gasteiger charge is -2.28. The molecule has 0 atom stereocenters. The molecule has 0 fully saturated rings. The van der Waals surface area contributed by atoms with Crippen molar-refractivity contribution in [3.8, 4) is 0 Å². The molecule has 6 heteroatoms. The van der Waals surface area contributed by atoms with Gasteiger partial charge in [-0.2, -0.15) is 0 Å². The molecule has 0 aliphatic rings. The minimum Gasteiger partial charge on any atom is -0.545 e. The number of hydrogen-bond donors (Lipinski definition) is 0. The Balaban J connectivity index is 3.86. The van der Waals surface area contributed by atoms with E-state index in [9.17, 15) is 29.7 Å². The van der Waals surface area contributed by atoms with E-state index in [1.54, 1.807) is 0 Å².